The normalized spacial score (nSPS) is 26.1. The van der Waals surface area contributed by atoms with Gasteiger partial charge in [-0.1, -0.05) is 55.4 Å². The zero-order valence-electron chi connectivity index (χ0n) is 33.4. The van der Waals surface area contributed by atoms with Crippen LogP contribution in [0.15, 0.2) is 0 Å². The molecule has 1 saturated heterocycles. The first-order valence-corrected chi connectivity index (χ1v) is 19.0. The smallest absolute Gasteiger partial charge is 0.226 e. The molecule has 1 rings (SSSR count). The maximum absolute atomic E-state index is 14.2. The molecule has 1 heterocycles. The zero-order valence-corrected chi connectivity index (χ0v) is 33.4. The minimum absolute atomic E-state index is 0.0768. The maximum atomic E-state index is 14.2. The van der Waals surface area contributed by atoms with Gasteiger partial charge in [-0.15, -0.1) is 0 Å². The van der Waals surface area contributed by atoms with Crippen LogP contribution in [-0.4, -0.2) is 100 Å². The lowest BCUT2D eigenvalue weighted by Crippen LogP contribution is -2.66. The Morgan fingerprint density at radius 3 is 1.78 bits per heavy atom. The predicted molar refractivity (Wildman–Crippen MR) is 195 cm³/mol. The van der Waals surface area contributed by atoms with E-state index >= 15 is 0 Å². The topological polar surface area (TPSA) is 176 Å². The van der Waals surface area contributed by atoms with Gasteiger partial charge < -0.3 is 45.5 Å². The molecule has 12 nitrogen and oxygen atoms in total. The highest BCUT2D eigenvalue weighted by atomic mass is 16.7. The molecule has 0 radical (unpaired) electrons. The van der Waals surface area contributed by atoms with Crippen LogP contribution in [0.3, 0.4) is 0 Å². The summed E-state index contributed by atoms with van der Waals surface area (Å²) in [5, 5.41) is 40.2. The van der Waals surface area contributed by atoms with Gasteiger partial charge >= 0.3 is 0 Å². The van der Waals surface area contributed by atoms with Crippen LogP contribution in [0.2, 0.25) is 0 Å². The lowest BCUT2D eigenvalue weighted by Gasteiger charge is -2.47. The van der Waals surface area contributed by atoms with E-state index in [2.05, 4.69) is 36.7 Å². The number of nitrogens with one attached hydrogen (secondary N) is 3. The lowest BCUT2D eigenvalue weighted by molar-refractivity contribution is -0.301. The van der Waals surface area contributed by atoms with Crippen LogP contribution < -0.4 is 16.0 Å². The molecule has 3 amide bonds. The van der Waals surface area contributed by atoms with Crippen molar-refractivity contribution in [1.82, 2.24) is 16.0 Å². The number of ether oxygens (including phenoxy) is 3. The van der Waals surface area contributed by atoms with E-state index in [1.165, 1.54) is 6.92 Å². The highest BCUT2D eigenvalue weighted by molar-refractivity contribution is 5.83. The summed E-state index contributed by atoms with van der Waals surface area (Å²) < 4.78 is 18.3. The van der Waals surface area contributed by atoms with Crippen molar-refractivity contribution in [2.24, 2.45) is 10.8 Å². The SMILES string of the molecule is CCC(CC)(CC)COCCC(=O)NC(C)(CC)CC(C)(CC)NC(=O)C(C)(CC)CC(C)(CC)OC1OC(CO)C(O)C(O)C1NC(C)=O. The average molecular weight is 716 g/mol. The molecule has 0 aliphatic carbocycles. The highest BCUT2D eigenvalue weighted by Gasteiger charge is 2.49. The van der Waals surface area contributed by atoms with Crippen molar-refractivity contribution in [3.05, 3.63) is 0 Å². The highest BCUT2D eigenvalue weighted by Crippen LogP contribution is 2.39. The van der Waals surface area contributed by atoms with Gasteiger partial charge in [0, 0.05) is 29.8 Å². The summed E-state index contributed by atoms with van der Waals surface area (Å²) in [6, 6.07) is -1.09. The fraction of sp³-hybridized carbons (Fsp3) is 0.921. The molecule has 9 atom stereocenters. The Kier molecular flexibility index (Phi) is 18.3. The van der Waals surface area contributed by atoms with Crippen LogP contribution in [0, 0.1) is 10.8 Å². The Labute approximate surface area is 302 Å². The van der Waals surface area contributed by atoms with Gasteiger partial charge in [0.1, 0.15) is 24.4 Å². The standard InChI is InChI=1S/C38H73N3O9/c1-13-34(9,23-37(12,16-4)50-32-29(39-26(8)43)31(46)30(45)27(22-42)49-32)33(47)41-36(11,15-3)24-35(10,14-2)40-28(44)20-21-48-25-38(17-5,18-6)19-7/h27,29-32,42,45-46H,13-25H2,1-12H3,(H,39,43)(H,40,44)(H,41,47). The van der Waals surface area contributed by atoms with E-state index in [9.17, 15) is 29.7 Å². The molecule has 0 saturated carbocycles. The Hall–Kier alpha value is -1.83. The van der Waals surface area contributed by atoms with Gasteiger partial charge in [-0.2, -0.15) is 0 Å². The van der Waals surface area contributed by atoms with E-state index < -0.39 is 65.3 Å². The minimum Gasteiger partial charge on any atom is -0.394 e. The summed E-state index contributed by atoms with van der Waals surface area (Å²) in [6.45, 7) is 24.0. The number of hydrogen-bond donors (Lipinski definition) is 6. The molecule has 294 valence electrons. The monoisotopic (exact) mass is 716 g/mol. The number of hydrogen-bond acceptors (Lipinski definition) is 9. The Bertz CT molecular complexity index is 1070. The molecule has 9 unspecified atom stereocenters. The molecule has 50 heavy (non-hydrogen) atoms. The molecule has 1 aliphatic rings. The van der Waals surface area contributed by atoms with Crippen molar-refractivity contribution >= 4 is 17.7 Å². The number of carbonyl (C=O) groups excluding carboxylic acids is 3. The van der Waals surface area contributed by atoms with E-state index in [4.69, 9.17) is 14.2 Å². The predicted octanol–water partition coefficient (Wildman–Crippen LogP) is 4.50. The summed E-state index contributed by atoms with van der Waals surface area (Å²) in [4.78, 5) is 39.3. The molecule has 0 bridgehead atoms. The quantitative estimate of drug-likeness (QED) is 0.0832. The van der Waals surface area contributed by atoms with Gasteiger partial charge in [-0.05, 0) is 84.0 Å². The number of carbonyl (C=O) groups is 3. The third-order valence-corrected chi connectivity index (χ3v) is 11.8. The van der Waals surface area contributed by atoms with Crippen LogP contribution in [-0.2, 0) is 28.6 Å². The molecule has 0 spiro atoms. The van der Waals surface area contributed by atoms with Crippen molar-refractivity contribution < 1.29 is 43.9 Å². The van der Waals surface area contributed by atoms with Crippen molar-refractivity contribution in [2.45, 2.75) is 195 Å². The first kappa shape index (κ1) is 46.2. The number of aliphatic hydroxyl groups is 3. The van der Waals surface area contributed by atoms with Gasteiger partial charge in [-0.25, -0.2) is 0 Å². The number of aliphatic hydroxyl groups excluding tert-OH is 3. The fourth-order valence-corrected chi connectivity index (χ4v) is 7.00. The van der Waals surface area contributed by atoms with Crippen LogP contribution in [0.5, 0.6) is 0 Å². The van der Waals surface area contributed by atoms with E-state index in [0.29, 0.717) is 45.3 Å². The first-order chi connectivity index (χ1) is 23.2. The Morgan fingerprint density at radius 2 is 1.32 bits per heavy atom. The average Bonchev–Trinajstić information content (AvgIpc) is 3.07. The van der Waals surface area contributed by atoms with Gasteiger partial charge in [0.2, 0.25) is 17.7 Å². The summed E-state index contributed by atoms with van der Waals surface area (Å²) >= 11 is 0. The summed E-state index contributed by atoms with van der Waals surface area (Å²) in [5.41, 5.74) is -2.89. The van der Waals surface area contributed by atoms with E-state index in [0.717, 1.165) is 19.3 Å². The molecule has 6 N–H and O–H groups in total. The van der Waals surface area contributed by atoms with E-state index in [-0.39, 0.29) is 30.1 Å². The molecular formula is C38H73N3O9. The van der Waals surface area contributed by atoms with Crippen LogP contribution in [0.1, 0.15) is 147 Å². The first-order valence-electron chi connectivity index (χ1n) is 19.0. The largest absolute Gasteiger partial charge is 0.394 e. The van der Waals surface area contributed by atoms with Crippen molar-refractivity contribution in [1.29, 1.82) is 0 Å². The number of amides is 3. The zero-order chi connectivity index (χ0) is 38.6. The number of rotatable bonds is 23. The van der Waals surface area contributed by atoms with Gasteiger partial charge in [-0.3, -0.25) is 14.4 Å². The summed E-state index contributed by atoms with van der Waals surface area (Å²) in [5.74, 6) is -0.669. The van der Waals surface area contributed by atoms with Crippen LogP contribution in [0.4, 0.5) is 0 Å². The maximum Gasteiger partial charge on any atom is 0.226 e. The molecule has 0 aromatic carbocycles. The molecular weight excluding hydrogens is 642 g/mol. The van der Waals surface area contributed by atoms with Crippen molar-refractivity contribution in [2.75, 3.05) is 19.8 Å². The Morgan fingerprint density at radius 1 is 0.760 bits per heavy atom. The Balaban J connectivity index is 3.09. The van der Waals surface area contributed by atoms with Crippen molar-refractivity contribution in [3.63, 3.8) is 0 Å². The molecule has 0 aromatic rings. The van der Waals surface area contributed by atoms with Crippen molar-refractivity contribution in [3.8, 4) is 0 Å². The lowest BCUT2D eigenvalue weighted by atomic mass is 9.74. The summed E-state index contributed by atoms with van der Waals surface area (Å²) in [6.07, 6.45) is 1.30. The molecule has 1 aliphatic heterocycles. The molecule has 0 aromatic heterocycles. The van der Waals surface area contributed by atoms with Gasteiger partial charge in [0.05, 0.1) is 25.4 Å². The van der Waals surface area contributed by atoms with Gasteiger partial charge in [0.15, 0.2) is 6.29 Å². The molecule has 1 fully saturated rings. The molecule has 12 heteroatoms. The van der Waals surface area contributed by atoms with Crippen LogP contribution in [0.25, 0.3) is 0 Å². The van der Waals surface area contributed by atoms with Crippen LogP contribution >= 0.6 is 0 Å². The second-order valence-electron chi connectivity index (χ2n) is 15.8. The minimum atomic E-state index is -1.44. The van der Waals surface area contributed by atoms with Gasteiger partial charge in [0.25, 0.3) is 0 Å². The second-order valence-corrected chi connectivity index (χ2v) is 15.8. The van der Waals surface area contributed by atoms with E-state index in [1.54, 1.807) is 0 Å². The third kappa shape index (κ3) is 12.7. The third-order valence-electron chi connectivity index (χ3n) is 11.8. The van der Waals surface area contributed by atoms with E-state index in [1.807, 2.05) is 55.4 Å². The fourth-order valence-electron chi connectivity index (χ4n) is 7.00. The second kappa shape index (κ2) is 19.9. The summed E-state index contributed by atoms with van der Waals surface area (Å²) in [7, 11) is 0.